The number of guanidine groups is 1. The zero-order valence-electron chi connectivity index (χ0n) is 22.3. The van der Waals surface area contributed by atoms with Gasteiger partial charge in [-0.05, 0) is 82.9 Å². The van der Waals surface area contributed by atoms with Gasteiger partial charge in [0, 0.05) is 6.54 Å². The zero-order chi connectivity index (χ0) is 28.9. The van der Waals surface area contributed by atoms with Crippen molar-refractivity contribution in [2.45, 2.75) is 82.0 Å². The van der Waals surface area contributed by atoms with E-state index in [1.165, 1.54) is 11.8 Å². The molecule has 0 rings (SSSR count). The monoisotopic (exact) mass is 561 g/mol. The summed E-state index contributed by atoms with van der Waals surface area (Å²) in [5.41, 5.74) is 27.7. The highest BCUT2D eigenvalue weighted by Gasteiger charge is 2.29. The Labute approximate surface area is 229 Å². The van der Waals surface area contributed by atoms with Crippen molar-refractivity contribution in [3.05, 3.63) is 0 Å². The lowest BCUT2D eigenvalue weighted by Gasteiger charge is -2.25. The predicted molar refractivity (Wildman–Crippen MR) is 150 cm³/mol. The smallest absolute Gasteiger partial charge is 0.326 e. The molecule has 0 aliphatic rings. The number of carbonyl (C=O) groups excluding carboxylic acids is 3. The number of aliphatic imine (C=N–C) groups is 1. The molecule has 0 aromatic carbocycles. The summed E-state index contributed by atoms with van der Waals surface area (Å²) < 4.78 is 0. The van der Waals surface area contributed by atoms with Gasteiger partial charge in [0.2, 0.25) is 17.7 Å². The van der Waals surface area contributed by atoms with Crippen LogP contribution in [0.3, 0.4) is 0 Å². The van der Waals surface area contributed by atoms with Crippen molar-refractivity contribution >= 4 is 41.4 Å². The maximum Gasteiger partial charge on any atom is 0.326 e. The second-order valence-electron chi connectivity index (χ2n) is 8.93. The third-order valence-corrected chi connectivity index (χ3v) is 6.33. The summed E-state index contributed by atoms with van der Waals surface area (Å²) in [7, 11) is 0. The number of thioether (sulfide) groups is 1. The van der Waals surface area contributed by atoms with E-state index in [0.29, 0.717) is 63.9 Å². The molecule has 0 aromatic heterocycles. The third-order valence-electron chi connectivity index (χ3n) is 5.69. The van der Waals surface area contributed by atoms with Gasteiger partial charge in [-0.25, -0.2) is 4.79 Å². The van der Waals surface area contributed by atoms with Gasteiger partial charge in [-0.3, -0.25) is 19.4 Å². The number of carboxylic acids is 1. The number of aliphatic carboxylic acids is 1. The Morgan fingerprint density at radius 3 is 1.71 bits per heavy atom. The average Bonchev–Trinajstić information content (AvgIpc) is 2.87. The zero-order valence-corrected chi connectivity index (χ0v) is 23.1. The maximum absolute atomic E-state index is 13.2. The highest BCUT2D eigenvalue weighted by molar-refractivity contribution is 7.98. The molecule has 38 heavy (non-hydrogen) atoms. The van der Waals surface area contributed by atoms with Gasteiger partial charge in [-0.15, -0.1) is 0 Å². The molecule has 0 heterocycles. The van der Waals surface area contributed by atoms with Gasteiger partial charge in [0.15, 0.2) is 5.96 Å². The highest BCUT2D eigenvalue weighted by atomic mass is 32.2. The van der Waals surface area contributed by atoms with Crippen LogP contribution in [0.4, 0.5) is 0 Å². The Kier molecular flexibility index (Phi) is 19.9. The quantitative estimate of drug-likeness (QED) is 0.0393. The molecule has 4 unspecified atom stereocenters. The lowest BCUT2D eigenvalue weighted by Crippen LogP contribution is -2.57. The van der Waals surface area contributed by atoms with Crippen molar-refractivity contribution in [3.63, 3.8) is 0 Å². The number of hydrogen-bond acceptors (Lipinski definition) is 9. The topological polar surface area (TPSA) is 267 Å². The van der Waals surface area contributed by atoms with Crippen LogP contribution in [0.1, 0.15) is 57.8 Å². The molecule has 0 saturated heterocycles. The average molecular weight is 562 g/mol. The van der Waals surface area contributed by atoms with Crippen molar-refractivity contribution < 1.29 is 24.3 Å². The van der Waals surface area contributed by atoms with Gasteiger partial charge in [-0.2, -0.15) is 11.8 Å². The molecule has 3 amide bonds. The fraction of sp³-hybridized carbons (Fsp3) is 0.783. The van der Waals surface area contributed by atoms with Crippen molar-refractivity contribution in [1.29, 1.82) is 0 Å². The Morgan fingerprint density at radius 2 is 1.26 bits per heavy atom. The van der Waals surface area contributed by atoms with Gasteiger partial charge in [0.05, 0.1) is 6.04 Å². The van der Waals surface area contributed by atoms with Crippen LogP contribution < -0.4 is 44.6 Å². The number of unbranched alkanes of at least 4 members (excludes halogenated alkanes) is 2. The summed E-state index contributed by atoms with van der Waals surface area (Å²) in [6.45, 7) is 1.15. The Bertz CT molecular complexity index is 753. The summed E-state index contributed by atoms with van der Waals surface area (Å²) in [5, 5.41) is 17.4. The third kappa shape index (κ3) is 16.3. The molecule has 0 aliphatic heterocycles. The van der Waals surface area contributed by atoms with Crippen molar-refractivity contribution in [1.82, 2.24) is 16.0 Å². The second kappa shape index (κ2) is 21.3. The minimum atomic E-state index is -1.15. The van der Waals surface area contributed by atoms with Crippen molar-refractivity contribution in [2.75, 3.05) is 31.6 Å². The first-order chi connectivity index (χ1) is 18.1. The molecule has 0 bridgehead atoms. The first kappa shape index (κ1) is 35.4. The number of nitrogens with one attached hydrogen (secondary N) is 3. The molecular formula is C23H47N9O5S. The van der Waals surface area contributed by atoms with E-state index in [9.17, 15) is 24.3 Å². The summed E-state index contributed by atoms with van der Waals surface area (Å²) in [4.78, 5) is 54.3. The number of rotatable bonds is 22. The Balaban J connectivity index is 5.43. The van der Waals surface area contributed by atoms with E-state index >= 15 is 0 Å². The van der Waals surface area contributed by atoms with E-state index in [0.717, 1.165) is 0 Å². The van der Waals surface area contributed by atoms with Crippen LogP contribution in [0.5, 0.6) is 0 Å². The van der Waals surface area contributed by atoms with Crippen LogP contribution >= 0.6 is 11.8 Å². The maximum atomic E-state index is 13.2. The summed E-state index contributed by atoms with van der Waals surface area (Å²) in [6, 6.07) is -3.91. The van der Waals surface area contributed by atoms with Gasteiger partial charge in [0.1, 0.15) is 18.1 Å². The van der Waals surface area contributed by atoms with Crippen LogP contribution in [-0.4, -0.2) is 90.6 Å². The first-order valence-electron chi connectivity index (χ1n) is 12.9. The summed E-state index contributed by atoms with van der Waals surface area (Å²) in [5.74, 6) is -2.35. The van der Waals surface area contributed by atoms with Crippen molar-refractivity contribution in [3.8, 4) is 0 Å². The van der Waals surface area contributed by atoms with Crippen LogP contribution in [0.2, 0.25) is 0 Å². The van der Waals surface area contributed by atoms with Crippen LogP contribution in [0.15, 0.2) is 4.99 Å². The highest BCUT2D eigenvalue weighted by Crippen LogP contribution is 2.08. The molecule has 14 nitrogen and oxygen atoms in total. The fourth-order valence-electron chi connectivity index (χ4n) is 3.49. The van der Waals surface area contributed by atoms with Crippen molar-refractivity contribution in [2.24, 2.45) is 33.7 Å². The molecule has 0 saturated carbocycles. The number of amides is 3. The molecule has 0 radical (unpaired) electrons. The molecule has 0 aromatic rings. The fourth-order valence-corrected chi connectivity index (χ4v) is 3.96. The lowest BCUT2D eigenvalue weighted by atomic mass is 10.0. The first-order valence-corrected chi connectivity index (χ1v) is 14.3. The Hall–Kier alpha value is -2.62. The number of carbonyl (C=O) groups is 4. The Morgan fingerprint density at radius 1 is 0.763 bits per heavy atom. The predicted octanol–water partition coefficient (Wildman–Crippen LogP) is -2.08. The van der Waals surface area contributed by atoms with Gasteiger partial charge >= 0.3 is 5.97 Å². The van der Waals surface area contributed by atoms with Gasteiger partial charge in [-0.1, -0.05) is 0 Å². The lowest BCUT2D eigenvalue weighted by molar-refractivity contribution is -0.142. The SMILES string of the molecule is CSCCC(NC(=O)C(CCCCN)NC(=O)C(CCCCN)NC(=O)C(N)CCCN=C(N)N)C(=O)O. The van der Waals surface area contributed by atoms with E-state index in [1.54, 1.807) is 0 Å². The van der Waals surface area contributed by atoms with E-state index < -0.39 is 47.9 Å². The minimum Gasteiger partial charge on any atom is -0.480 e. The number of nitrogens with zero attached hydrogens (tertiary/aromatic N) is 1. The number of nitrogens with two attached hydrogens (primary N) is 5. The molecule has 14 N–H and O–H groups in total. The van der Waals surface area contributed by atoms with Gasteiger partial charge < -0.3 is 49.7 Å². The van der Waals surface area contributed by atoms with E-state index in [-0.39, 0.29) is 25.2 Å². The molecule has 15 heteroatoms. The molecule has 220 valence electrons. The molecule has 0 aliphatic carbocycles. The van der Waals surface area contributed by atoms with Gasteiger partial charge in [0.25, 0.3) is 0 Å². The largest absolute Gasteiger partial charge is 0.480 e. The molecule has 4 atom stereocenters. The minimum absolute atomic E-state index is 0.0522. The van der Waals surface area contributed by atoms with E-state index in [1.807, 2.05) is 6.26 Å². The second-order valence-corrected chi connectivity index (χ2v) is 9.91. The summed E-state index contributed by atoms with van der Waals surface area (Å²) in [6.07, 6.45) is 5.78. The molecule has 0 fully saturated rings. The number of hydrogen-bond donors (Lipinski definition) is 9. The van der Waals surface area contributed by atoms with Crippen LogP contribution in [0, 0.1) is 0 Å². The van der Waals surface area contributed by atoms with E-state index in [4.69, 9.17) is 28.7 Å². The van der Waals surface area contributed by atoms with Crippen LogP contribution in [0.25, 0.3) is 0 Å². The molecule has 0 spiro atoms. The standard InChI is InChI=1S/C23H47N9O5S/c1-38-14-10-18(22(36)37)32-21(35)17(9-3-5-12-25)31-20(34)16(8-2-4-11-24)30-19(33)15(26)7-6-13-29-23(27)28/h15-18H,2-14,24-26H2,1H3,(H,30,33)(H,31,34)(H,32,35)(H,36,37)(H4,27,28,29). The van der Waals surface area contributed by atoms with Crippen LogP contribution in [-0.2, 0) is 19.2 Å². The summed E-state index contributed by atoms with van der Waals surface area (Å²) >= 11 is 1.46. The van der Waals surface area contributed by atoms with E-state index in [2.05, 4.69) is 20.9 Å². The molecular weight excluding hydrogens is 514 g/mol. The normalized spacial score (nSPS) is 14.0. The number of carboxylic acid groups (broad SMARTS) is 1.